The maximum atomic E-state index is 4.98. The van der Waals surface area contributed by atoms with Crippen molar-refractivity contribution in [3.05, 3.63) is 29.6 Å². The van der Waals surface area contributed by atoms with Gasteiger partial charge in [0.25, 0.3) is 0 Å². The van der Waals surface area contributed by atoms with Crippen molar-refractivity contribution in [1.29, 1.82) is 0 Å². The fraction of sp³-hybridized carbons (Fsp3) is 0.611. The van der Waals surface area contributed by atoms with Crippen LogP contribution in [-0.4, -0.2) is 16.1 Å². The first-order chi connectivity index (χ1) is 10.2. The fourth-order valence-electron chi connectivity index (χ4n) is 3.55. The molecule has 2 atom stereocenters. The molecule has 3 heteroatoms. The van der Waals surface area contributed by atoms with E-state index in [0.29, 0.717) is 6.04 Å². The molecule has 2 unspecified atom stereocenters. The first-order valence-electron chi connectivity index (χ1n) is 8.43. The number of benzene rings is 1. The molecular weight excluding hydrogens is 258 g/mol. The Morgan fingerprint density at radius 3 is 2.95 bits per heavy atom. The number of nitrogens with zero attached hydrogens (tertiary/aromatic N) is 2. The van der Waals surface area contributed by atoms with Crippen LogP contribution < -0.4 is 5.32 Å². The minimum Gasteiger partial charge on any atom is -0.327 e. The van der Waals surface area contributed by atoms with E-state index in [0.717, 1.165) is 30.9 Å². The van der Waals surface area contributed by atoms with Crippen LogP contribution in [0.2, 0.25) is 0 Å². The molecule has 1 aliphatic rings. The Balaban J connectivity index is 2.01. The van der Waals surface area contributed by atoms with Crippen molar-refractivity contribution in [3.8, 4) is 0 Å². The largest absolute Gasteiger partial charge is 0.327 e. The molecule has 1 aliphatic heterocycles. The second-order valence-corrected chi connectivity index (χ2v) is 6.42. The summed E-state index contributed by atoms with van der Waals surface area (Å²) in [6.45, 7) is 8.88. The molecule has 1 saturated heterocycles. The zero-order chi connectivity index (χ0) is 14.8. The van der Waals surface area contributed by atoms with Gasteiger partial charge in [-0.2, -0.15) is 0 Å². The molecule has 0 spiro atoms. The maximum Gasteiger partial charge on any atom is 0.127 e. The molecule has 1 aromatic heterocycles. The van der Waals surface area contributed by atoms with Gasteiger partial charge in [-0.25, -0.2) is 4.98 Å². The van der Waals surface area contributed by atoms with Crippen molar-refractivity contribution >= 4 is 11.0 Å². The lowest BCUT2D eigenvalue weighted by atomic mass is 9.90. The highest BCUT2D eigenvalue weighted by molar-refractivity contribution is 5.77. The topological polar surface area (TPSA) is 29.9 Å². The molecule has 1 aromatic carbocycles. The highest BCUT2D eigenvalue weighted by Crippen LogP contribution is 2.31. The van der Waals surface area contributed by atoms with Crippen LogP contribution in [0.1, 0.15) is 57.0 Å². The minimum absolute atomic E-state index is 0.419. The quantitative estimate of drug-likeness (QED) is 0.912. The standard InChI is InChI=1S/C18H27N3/c1-4-10-21-17-7-6-13(3)11-15(17)20-18(21)16-12-14(5-2)8-9-19-16/h6-7,11,14,16,19H,4-5,8-10,12H2,1-3H3. The summed E-state index contributed by atoms with van der Waals surface area (Å²) in [5.74, 6) is 2.09. The van der Waals surface area contributed by atoms with Crippen molar-refractivity contribution < 1.29 is 0 Å². The summed E-state index contributed by atoms with van der Waals surface area (Å²) in [5.41, 5.74) is 3.73. The van der Waals surface area contributed by atoms with Gasteiger partial charge in [0, 0.05) is 6.54 Å². The molecule has 0 aliphatic carbocycles. The van der Waals surface area contributed by atoms with Gasteiger partial charge >= 0.3 is 0 Å². The van der Waals surface area contributed by atoms with Gasteiger partial charge in [-0.1, -0.05) is 26.3 Å². The molecule has 0 amide bonds. The fourth-order valence-corrected chi connectivity index (χ4v) is 3.55. The number of aromatic nitrogens is 2. The van der Waals surface area contributed by atoms with Gasteiger partial charge < -0.3 is 9.88 Å². The number of imidazole rings is 1. The van der Waals surface area contributed by atoms with Gasteiger partial charge in [-0.15, -0.1) is 0 Å². The normalized spacial score (nSPS) is 22.8. The van der Waals surface area contributed by atoms with Crippen LogP contribution in [0.3, 0.4) is 0 Å². The molecule has 1 N–H and O–H groups in total. The van der Waals surface area contributed by atoms with E-state index in [-0.39, 0.29) is 0 Å². The summed E-state index contributed by atoms with van der Waals surface area (Å²) < 4.78 is 2.44. The Labute approximate surface area is 127 Å². The zero-order valence-corrected chi connectivity index (χ0v) is 13.5. The van der Waals surface area contributed by atoms with Crippen LogP contribution in [0, 0.1) is 12.8 Å². The van der Waals surface area contributed by atoms with Crippen molar-refractivity contribution in [3.63, 3.8) is 0 Å². The van der Waals surface area contributed by atoms with Gasteiger partial charge in [0.15, 0.2) is 0 Å². The monoisotopic (exact) mass is 285 g/mol. The van der Waals surface area contributed by atoms with E-state index >= 15 is 0 Å². The van der Waals surface area contributed by atoms with Gasteiger partial charge in [-0.05, 0) is 56.3 Å². The smallest absolute Gasteiger partial charge is 0.127 e. The number of hydrogen-bond donors (Lipinski definition) is 1. The molecule has 3 nitrogen and oxygen atoms in total. The second-order valence-electron chi connectivity index (χ2n) is 6.42. The highest BCUT2D eigenvalue weighted by Gasteiger charge is 2.26. The zero-order valence-electron chi connectivity index (χ0n) is 13.5. The predicted molar refractivity (Wildman–Crippen MR) is 88.5 cm³/mol. The van der Waals surface area contributed by atoms with Crippen molar-refractivity contribution in [2.75, 3.05) is 6.54 Å². The van der Waals surface area contributed by atoms with Gasteiger partial charge in [0.2, 0.25) is 0 Å². The summed E-state index contributed by atoms with van der Waals surface area (Å²) in [6.07, 6.45) is 4.96. The summed E-state index contributed by atoms with van der Waals surface area (Å²) in [5, 5.41) is 3.69. The molecule has 0 radical (unpaired) electrons. The number of hydrogen-bond acceptors (Lipinski definition) is 2. The van der Waals surface area contributed by atoms with Crippen LogP contribution in [0.25, 0.3) is 11.0 Å². The summed E-state index contributed by atoms with van der Waals surface area (Å²) >= 11 is 0. The van der Waals surface area contributed by atoms with E-state index in [1.165, 1.54) is 36.2 Å². The number of nitrogens with one attached hydrogen (secondary N) is 1. The predicted octanol–water partition coefficient (Wildman–Crippen LogP) is 4.21. The van der Waals surface area contributed by atoms with E-state index in [1.54, 1.807) is 0 Å². The average molecular weight is 285 g/mol. The van der Waals surface area contributed by atoms with E-state index < -0.39 is 0 Å². The maximum absolute atomic E-state index is 4.98. The molecule has 1 fully saturated rings. The summed E-state index contributed by atoms with van der Waals surface area (Å²) in [4.78, 5) is 4.98. The van der Waals surface area contributed by atoms with Gasteiger partial charge in [-0.3, -0.25) is 0 Å². The molecule has 21 heavy (non-hydrogen) atoms. The SMILES string of the molecule is CCCn1c(C2CC(CC)CCN2)nc2cc(C)ccc21. The molecule has 3 rings (SSSR count). The van der Waals surface area contributed by atoms with Crippen LogP contribution in [0.5, 0.6) is 0 Å². The number of piperidine rings is 1. The number of fused-ring (bicyclic) bond motifs is 1. The lowest BCUT2D eigenvalue weighted by Gasteiger charge is -2.29. The highest BCUT2D eigenvalue weighted by atomic mass is 15.1. The third-order valence-electron chi connectivity index (χ3n) is 4.78. The Kier molecular flexibility index (Phi) is 4.29. The van der Waals surface area contributed by atoms with E-state index in [9.17, 15) is 0 Å². The van der Waals surface area contributed by atoms with Crippen molar-refractivity contribution in [2.45, 2.75) is 59.0 Å². The van der Waals surface area contributed by atoms with E-state index in [4.69, 9.17) is 4.98 Å². The summed E-state index contributed by atoms with van der Waals surface area (Å²) in [6, 6.07) is 7.06. The second kappa shape index (κ2) is 6.18. The number of aryl methyl sites for hydroxylation is 2. The molecule has 2 aromatic rings. The van der Waals surface area contributed by atoms with Crippen LogP contribution in [0.4, 0.5) is 0 Å². The van der Waals surface area contributed by atoms with Gasteiger partial charge in [0.05, 0.1) is 17.1 Å². The molecule has 0 bridgehead atoms. The van der Waals surface area contributed by atoms with Gasteiger partial charge in [0.1, 0.15) is 5.82 Å². The summed E-state index contributed by atoms with van der Waals surface area (Å²) in [7, 11) is 0. The first kappa shape index (κ1) is 14.6. The Hall–Kier alpha value is -1.35. The van der Waals surface area contributed by atoms with Crippen LogP contribution in [0.15, 0.2) is 18.2 Å². The third-order valence-corrected chi connectivity index (χ3v) is 4.78. The molecule has 114 valence electrons. The first-order valence-corrected chi connectivity index (χ1v) is 8.43. The molecule has 0 saturated carbocycles. The van der Waals surface area contributed by atoms with Crippen LogP contribution >= 0.6 is 0 Å². The lowest BCUT2D eigenvalue weighted by molar-refractivity contribution is 0.286. The molecule has 2 heterocycles. The lowest BCUT2D eigenvalue weighted by Crippen LogP contribution is -2.33. The number of rotatable bonds is 4. The van der Waals surface area contributed by atoms with E-state index in [1.807, 2.05) is 0 Å². The third kappa shape index (κ3) is 2.84. The Bertz CT molecular complexity index is 614. The minimum atomic E-state index is 0.419. The van der Waals surface area contributed by atoms with E-state index in [2.05, 4.69) is 48.9 Å². The Morgan fingerprint density at radius 1 is 1.33 bits per heavy atom. The Morgan fingerprint density at radius 2 is 2.19 bits per heavy atom. The molecular formula is C18H27N3. The average Bonchev–Trinajstić information content (AvgIpc) is 2.85. The van der Waals surface area contributed by atoms with Crippen molar-refractivity contribution in [1.82, 2.24) is 14.9 Å². The van der Waals surface area contributed by atoms with Crippen molar-refractivity contribution in [2.24, 2.45) is 5.92 Å². The van der Waals surface area contributed by atoms with Crippen LogP contribution in [-0.2, 0) is 6.54 Å².